The van der Waals surface area contributed by atoms with Gasteiger partial charge in [-0.15, -0.1) is 0 Å². The number of carbonyl (C=O) groups excluding carboxylic acids is 1. The molecule has 0 saturated heterocycles. The third-order valence-corrected chi connectivity index (χ3v) is 5.60. The second kappa shape index (κ2) is 8.05. The number of nitrogens with one attached hydrogen (secondary N) is 1. The Balaban J connectivity index is 2.81. The van der Waals surface area contributed by atoms with Gasteiger partial charge in [0.25, 0.3) is 0 Å². The lowest BCUT2D eigenvalue weighted by atomic mass is 10.1. The molecule has 0 fully saturated rings. The van der Waals surface area contributed by atoms with Gasteiger partial charge in [-0.05, 0) is 57.9 Å². The van der Waals surface area contributed by atoms with Crippen molar-refractivity contribution >= 4 is 16.1 Å². The molecule has 1 amide bonds. The van der Waals surface area contributed by atoms with Gasteiger partial charge in [0.2, 0.25) is 10.0 Å². The van der Waals surface area contributed by atoms with Crippen LogP contribution >= 0.6 is 0 Å². The number of hydrogen-bond donors (Lipinski definition) is 1. The average molecular weight is 372 g/mol. The largest absolute Gasteiger partial charge is 0.497 e. The number of rotatable bonds is 6. The van der Waals surface area contributed by atoms with Crippen LogP contribution in [0.1, 0.15) is 31.9 Å². The number of methoxy groups -OCH3 is 1. The second-order valence-corrected chi connectivity index (χ2v) is 8.83. The van der Waals surface area contributed by atoms with E-state index in [1.54, 1.807) is 46.8 Å². The predicted octanol–water partition coefficient (Wildman–Crippen LogP) is 2.46. The lowest BCUT2D eigenvalue weighted by Crippen LogP contribution is -2.39. The smallest absolute Gasteiger partial charge is 0.407 e. The molecule has 0 aromatic heterocycles. The zero-order valence-corrected chi connectivity index (χ0v) is 16.8. The molecular weight excluding hydrogens is 344 g/mol. The van der Waals surface area contributed by atoms with Crippen molar-refractivity contribution < 1.29 is 22.7 Å². The molecule has 7 nitrogen and oxygen atoms in total. The first-order valence-electron chi connectivity index (χ1n) is 7.97. The van der Waals surface area contributed by atoms with Gasteiger partial charge < -0.3 is 14.8 Å². The minimum atomic E-state index is -3.67. The summed E-state index contributed by atoms with van der Waals surface area (Å²) in [6, 6.07) is 3.37. The third-order valence-electron chi connectivity index (χ3n) is 3.43. The van der Waals surface area contributed by atoms with Gasteiger partial charge in [-0.3, -0.25) is 0 Å². The molecule has 142 valence electrons. The number of aryl methyl sites for hydroxylation is 2. The number of carbonyl (C=O) groups is 1. The first kappa shape index (κ1) is 21.2. The second-order valence-electron chi connectivity index (χ2n) is 6.85. The number of sulfonamides is 1. The minimum Gasteiger partial charge on any atom is -0.497 e. The van der Waals surface area contributed by atoms with Gasteiger partial charge in [-0.1, -0.05) is 0 Å². The summed E-state index contributed by atoms with van der Waals surface area (Å²) in [7, 11) is -0.653. The highest BCUT2D eigenvalue weighted by Gasteiger charge is 2.25. The van der Waals surface area contributed by atoms with Gasteiger partial charge in [-0.2, -0.15) is 4.31 Å². The van der Waals surface area contributed by atoms with E-state index < -0.39 is 21.7 Å². The summed E-state index contributed by atoms with van der Waals surface area (Å²) in [5, 5.41) is 2.55. The molecule has 0 aliphatic carbocycles. The number of nitrogens with zero attached hydrogens (tertiary/aromatic N) is 1. The summed E-state index contributed by atoms with van der Waals surface area (Å²) in [5.74, 6) is 0.614. The molecule has 0 unspecified atom stereocenters. The van der Waals surface area contributed by atoms with Crippen LogP contribution in [0.25, 0.3) is 0 Å². The number of amides is 1. The van der Waals surface area contributed by atoms with Crippen molar-refractivity contribution in [1.82, 2.24) is 9.62 Å². The number of hydrogen-bond acceptors (Lipinski definition) is 5. The Kier molecular flexibility index (Phi) is 6.84. The first-order valence-corrected chi connectivity index (χ1v) is 9.41. The molecule has 1 rings (SSSR count). The first-order chi connectivity index (χ1) is 11.4. The molecule has 1 N–H and O–H groups in total. The molecular formula is C17H28N2O5S. The summed E-state index contributed by atoms with van der Waals surface area (Å²) < 4.78 is 37.1. The van der Waals surface area contributed by atoms with Gasteiger partial charge in [0.05, 0.1) is 12.0 Å². The number of ether oxygens (including phenoxy) is 2. The van der Waals surface area contributed by atoms with Crippen LogP contribution in [-0.4, -0.2) is 51.7 Å². The zero-order valence-electron chi connectivity index (χ0n) is 16.0. The van der Waals surface area contributed by atoms with E-state index in [0.29, 0.717) is 16.9 Å². The molecule has 8 heteroatoms. The Morgan fingerprint density at radius 2 is 1.72 bits per heavy atom. The Hall–Kier alpha value is -1.80. The van der Waals surface area contributed by atoms with Gasteiger partial charge in [0.1, 0.15) is 11.4 Å². The summed E-state index contributed by atoms with van der Waals surface area (Å²) in [4.78, 5) is 11.9. The average Bonchev–Trinajstić information content (AvgIpc) is 2.43. The number of likely N-dealkylation sites (N-methyl/N-ethyl adjacent to an activating group) is 1. The molecule has 0 radical (unpaired) electrons. The van der Waals surface area contributed by atoms with Crippen LogP contribution in [0.3, 0.4) is 0 Å². The van der Waals surface area contributed by atoms with Crippen LogP contribution in [0.2, 0.25) is 0 Å². The molecule has 1 aromatic carbocycles. The van der Waals surface area contributed by atoms with E-state index in [2.05, 4.69) is 5.32 Å². The van der Waals surface area contributed by atoms with Crippen molar-refractivity contribution in [2.75, 3.05) is 27.2 Å². The number of benzene rings is 1. The van der Waals surface area contributed by atoms with E-state index in [4.69, 9.17) is 9.47 Å². The van der Waals surface area contributed by atoms with Crippen molar-refractivity contribution in [3.63, 3.8) is 0 Å². The van der Waals surface area contributed by atoms with E-state index in [9.17, 15) is 13.2 Å². The Bertz CT molecular complexity index is 700. The predicted molar refractivity (Wildman–Crippen MR) is 96.5 cm³/mol. The van der Waals surface area contributed by atoms with Crippen molar-refractivity contribution in [2.24, 2.45) is 0 Å². The van der Waals surface area contributed by atoms with Gasteiger partial charge >= 0.3 is 6.09 Å². The number of alkyl carbamates (subject to hydrolysis) is 1. The van der Waals surface area contributed by atoms with E-state index in [0.717, 1.165) is 0 Å². The monoisotopic (exact) mass is 372 g/mol. The molecule has 0 aliphatic heterocycles. The molecule has 0 aliphatic rings. The summed E-state index contributed by atoms with van der Waals surface area (Å²) in [5.41, 5.74) is 0.631. The summed E-state index contributed by atoms with van der Waals surface area (Å²) in [6.45, 7) is 9.03. The highest BCUT2D eigenvalue weighted by Crippen LogP contribution is 2.27. The summed E-state index contributed by atoms with van der Waals surface area (Å²) >= 11 is 0. The fourth-order valence-electron chi connectivity index (χ4n) is 2.34. The van der Waals surface area contributed by atoms with Gasteiger partial charge in [0.15, 0.2) is 0 Å². The van der Waals surface area contributed by atoms with E-state index in [-0.39, 0.29) is 18.0 Å². The quantitative estimate of drug-likeness (QED) is 0.829. The maximum absolute atomic E-state index is 12.8. The molecule has 0 spiro atoms. The van der Waals surface area contributed by atoms with Crippen LogP contribution < -0.4 is 10.1 Å². The molecule has 0 saturated carbocycles. The van der Waals surface area contributed by atoms with Crippen molar-refractivity contribution in [1.29, 1.82) is 0 Å². The van der Waals surface area contributed by atoms with Crippen LogP contribution in [0.5, 0.6) is 5.75 Å². The lowest BCUT2D eigenvalue weighted by Gasteiger charge is -2.22. The van der Waals surface area contributed by atoms with Gasteiger partial charge in [0, 0.05) is 20.1 Å². The zero-order chi connectivity index (χ0) is 19.4. The SMILES string of the molecule is COc1cc(C)c(S(=O)(=O)N(C)CCNC(=O)OC(C)(C)C)c(C)c1. The fourth-order valence-corrected chi connectivity index (χ4v) is 3.92. The molecule has 0 bridgehead atoms. The van der Waals surface area contributed by atoms with Crippen molar-refractivity contribution in [2.45, 2.75) is 45.1 Å². The lowest BCUT2D eigenvalue weighted by molar-refractivity contribution is 0.0526. The molecule has 0 atom stereocenters. The fraction of sp³-hybridized carbons (Fsp3) is 0.588. The van der Waals surface area contributed by atoms with Crippen molar-refractivity contribution in [3.05, 3.63) is 23.3 Å². The Labute approximate surface area is 150 Å². The topological polar surface area (TPSA) is 84.9 Å². The maximum Gasteiger partial charge on any atom is 0.407 e. The maximum atomic E-state index is 12.8. The Morgan fingerprint density at radius 3 is 2.16 bits per heavy atom. The van der Waals surface area contributed by atoms with Crippen LogP contribution in [0.4, 0.5) is 4.79 Å². The van der Waals surface area contributed by atoms with Crippen LogP contribution in [0.15, 0.2) is 17.0 Å². The Morgan fingerprint density at radius 1 is 1.20 bits per heavy atom. The molecule has 0 heterocycles. The van der Waals surface area contributed by atoms with Gasteiger partial charge in [-0.25, -0.2) is 13.2 Å². The minimum absolute atomic E-state index is 0.131. The van der Waals surface area contributed by atoms with Crippen LogP contribution in [0, 0.1) is 13.8 Å². The standard InChI is InChI=1S/C17H28N2O5S/c1-12-10-14(23-7)11-13(2)15(12)25(21,22)19(6)9-8-18-16(20)24-17(3,4)5/h10-11H,8-9H2,1-7H3,(H,18,20). The normalized spacial score (nSPS) is 12.2. The molecule has 25 heavy (non-hydrogen) atoms. The van der Waals surface area contributed by atoms with Crippen molar-refractivity contribution in [3.8, 4) is 5.75 Å². The van der Waals surface area contributed by atoms with E-state index in [1.165, 1.54) is 18.5 Å². The third kappa shape index (κ3) is 5.89. The molecule has 1 aromatic rings. The highest BCUT2D eigenvalue weighted by atomic mass is 32.2. The van der Waals surface area contributed by atoms with E-state index in [1.807, 2.05) is 0 Å². The summed E-state index contributed by atoms with van der Waals surface area (Å²) in [6.07, 6.45) is -0.574. The highest BCUT2D eigenvalue weighted by molar-refractivity contribution is 7.89. The van der Waals surface area contributed by atoms with E-state index >= 15 is 0 Å². The van der Waals surface area contributed by atoms with Crippen LogP contribution in [-0.2, 0) is 14.8 Å².